The van der Waals surface area contributed by atoms with Crippen molar-refractivity contribution in [2.24, 2.45) is 4.99 Å². The van der Waals surface area contributed by atoms with Crippen LogP contribution in [-0.2, 0) is 19.0 Å². The van der Waals surface area contributed by atoms with Gasteiger partial charge in [0.05, 0.1) is 19.4 Å². The SMILES string of the molecule is C=CC(=O)OCC/C=C1/OC(=O)OC12C=NC2. The Balaban J connectivity index is 1.89. The second-order valence-electron chi connectivity index (χ2n) is 3.54. The van der Waals surface area contributed by atoms with Crippen molar-refractivity contribution in [3.8, 4) is 0 Å². The minimum atomic E-state index is -0.820. The van der Waals surface area contributed by atoms with Gasteiger partial charge in [0.25, 0.3) is 0 Å². The molecule has 0 aromatic rings. The molecule has 1 fully saturated rings. The molecule has 6 nitrogen and oxygen atoms in total. The zero-order valence-electron chi connectivity index (χ0n) is 9.05. The van der Waals surface area contributed by atoms with E-state index in [1.807, 2.05) is 0 Å². The minimum absolute atomic E-state index is 0.194. The van der Waals surface area contributed by atoms with E-state index in [1.54, 1.807) is 6.08 Å². The van der Waals surface area contributed by atoms with Crippen molar-refractivity contribution in [1.29, 1.82) is 0 Å². The molecule has 2 rings (SSSR count). The lowest BCUT2D eigenvalue weighted by Gasteiger charge is -2.25. The van der Waals surface area contributed by atoms with Gasteiger partial charge in [0.15, 0.2) is 5.76 Å². The fourth-order valence-corrected chi connectivity index (χ4v) is 1.48. The van der Waals surface area contributed by atoms with Crippen LogP contribution >= 0.6 is 0 Å². The van der Waals surface area contributed by atoms with Gasteiger partial charge in [-0.15, -0.1) is 0 Å². The van der Waals surface area contributed by atoms with Gasteiger partial charge >= 0.3 is 12.1 Å². The molecule has 6 heteroatoms. The number of aliphatic imine (C=N–C) groups is 1. The zero-order valence-corrected chi connectivity index (χ0v) is 9.05. The molecule has 1 atom stereocenters. The summed E-state index contributed by atoms with van der Waals surface area (Å²) in [5.74, 6) is -0.0739. The maximum atomic E-state index is 11.0. The number of carbonyl (C=O) groups is 2. The van der Waals surface area contributed by atoms with Crippen LogP contribution in [-0.4, -0.2) is 37.1 Å². The Bertz CT molecular complexity index is 426. The van der Waals surface area contributed by atoms with Crippen molar-refractivity contribution < 1.29 is 23.8 Å². The molecule has 2 aliphatic rings. The average molecular weight is 237 g/mol. The number of esters is 1. The second kappa shape index (κ2) is 4.40. The summed E-state index contributed by atoms with van der Waals surface area (Å²) in [7, 11) is 0. The van der Waals surface area contributed by atoms with Crippen molar-refractivity contribution in [3.63, 3.8) is 0 Å². The molecule has 1 spiro atoms. The molecule has 0 N–H and O–H groups in total. The fraction of sp³-hybridized carbons (Fsp3) is 0.364. The standard InChI is InChI=1S/C11H11NO5/c1-2-9(13)15-5-3-4-8-11(6-12-7-11)17-10(14)16-8/h2,4,6H,1,3,5,7H2/b8-4+. The number of hydrogen-bond donors (Lipinski definition) is 0. The summed E-state index contributed by atoms with van der Waals surface area (Å²) in [5, 5.41) is 0. The van der Waals surface area contributed by atoms with Gasteiger partial charge in [-0.05, 0) is 6.08 Å². The molecule has 1 saturated heterocycles. The van der Waals surface area contributed by atoms with Gasteiger partial charge in [-0.3, -0.25) is 4.99 Å². The van der Waals surface area contributed by atoms with Crippen LogP contribution in [0.4, 0.5) is 4.79 Å². The Kier molecular flexibility index (Phi) is 2.95. The van der Waals surface area contributed by atoms with Crippen LogP contribution in [0.1, 0.15) is 6.42 Å². The summed E-state index contributed by atoms with van der Waals surface area (Å²) in [6, 6.07) is 0. The quantitative estimate of drug-likeness (QED) is 0.414. The number of rotatable bonds is 4. The average Bonchev–Trinajstić information content (AvgIpc) is 2.61. The highest BCUT2D eigenvalue weighted by Crippen LogP contribution is 2.34. The molecule has 0 aromatic carbocycles. The Hall–Kier alpha value is -2.11. The number of cyclic esters (lactones) is 1. The molecule has 17 heavy (non-hydrogen) atoms. The third-order valence-corrected chi connectivity index (χ3v) is 2.36. The van der Waals surface area contributed by atoms with Crippen LogP contribution in [0.2, 0.25) is 0 Å². The van der Waals surface area contributed by atoms with E-state index in [9.17, 15) is 9.59 Å². The van der Waals surface area contributed by atoms with E-state index >= 15 is 0 Å². The lowest BCUT2D eigenvalue weighted by Crippen LogP contribution is -2.42. The normalized spacial score (nSPS) is 27.5. The molecular weight excluding hydrogens is 226 g/mol. The maximum Gasteiger partial charge on any atom is 0.515 e. The monoisotopic (exact) mass is 237 g/mol. The highest BCUT2D eigenvalue weighted by atomic mass is 16.8. The largest absolute Gasteiger partial charge is 0.515 e. The van der Waals surface area contributed by atoms with E-state index in [-0.39, 0.29) is 6.61 Å². The van der Waals surface area contributed by atoms with Gasteiger partial charge in [-0.2, -0.15) is 0 Å². The van der Waals surface area contributed by atoms with Gasteiger partial charge in [0.2, 0.25) is 5.60 Å². The van der Waals surface area contributed by atoms with E-state index in [0.29, 0.717) is 18.7 Å². The molecule has 0 radical (unpaired) electrons. The summed E-state index contributed by atoms with van der Waals surface area (Å²) < 4.78 is 14.7. The van der Waals surface area contributed by atoms with Crippen LogP contribution in [0.5, 0.6) is 0 Å². The molecule has 1 unspecified atom stereocenters. The van der Waals surface area contributed by atoms with Crippen molar-refractivity contribution in [1.82, 2.24) is 0 Å². The maximum absolute atomic E-state index is 11.0. The lowest BCUT2D eigenvalue weighted by molar-refractivity contribution is -0.137. The molecule has 2 heterocycles. The Morgan fingerprint density at radius 3 is 3.06 bits per heavy atom. The molecule has 0 saturated carbocycles. The second-order valence-corrected chi connectivity index (χ2v) is 3.54. The summed E-state index contributed by atoms with van der Waals surface area (Å²) in [4.78, 5) is 25.7. The Morgan fingerprint density at radius 1 is 1.71 bits per heavy atom. The topological polar surface area (TPSA) is 74.2 Å². The molecular formula is C11H11NO5. The molecule has 0 bridgehead atoms. The van der Waals surface area contributed by atoms with Gasteiger partial charge in [-0.1, -0.05) is 6.58 Å². The highest BCUT2D eigenvalue weighted by molar-refractivity contribution is 5.86. The van der Waals surface area contributed by atoms with Gasteiger partial charge in [-0.25, -0.2) is 9.59 Å². The minimum Gasteiger partial charge on any atom is -0.462 e. The van der Waals surface area contributed by atoms with E-state index in [4.69, 9.17) is 14.2 Å². The third kappa shape index (κ3) is 2.20. The number of nitrogens with zero attached hydrogens (tertiary/aromatic N) is 1. The number of carbonyl (C=O) groups excluding carboxylic acids is 2. The van der Waals surface area contributed by atoms with E-state index < -0.39 is 17.7 Å². The van der Waals surface area contributed by atoms with E-state index in [1.165, 1.54) is 6.21 Å². The smallest absolute Gasteiger partial charge is 0.462 e. The lowest BCUT2D eigenvalue weighted by atomic mass is 9.98. The summed E-state index contributed by atoms with van der Waals surface area (Å²) in [5.41, 5.74) is -0.820. The van der Waals surface area contributed by atoms with Crippen LogP contribution in [0.25, 0.3) is 0 Å². The van der Waals surface area contributed by atoms with Crippen molar-refractivity contribution >= 4 is 18.3 Å². The fourth-order valence-electron chi connectivity index (χ4n) is 1.48. The molecule has 90 valence electrons. The van der Waals surface area contributed by atoms with E-state index in [2.05, 4.69) is 11.6 Å². The van der Waals surface area contributed by atoms with Gasteiger partial charge in [0, 0.05) is 12.5 Å². The summed E-state index contributed by atoms with van der Waals surface area (Å²) in [6.45, 7) is 3.84. The third-order valence-electron chi connectivity index (χ3n) is 2.36. The zero-order chi connectivity index (χ0) is 12.3. The van der Waals surface area contributed by atoms with Crippen molar-refractivity contribution in [3.05, 3.63) is 24.5 Å². The first kappa shape index (κ1) is 11.4. The summed E-state index contributed by atoms with van der Waals surface area (Å²) in [6.07, 6.45) is 3.98. The van der Waals surface area contributed by atoms with Crippen molar-refractivity contribution in [2.75, 3.05) is 13.2 Å². The molecule has 0 aromatic heterocycles. The predicted molar refractivity (Wildman–Crippen MR) is 57.5 cm³/mol. The first-order valence-electron chi connectivity index (χ1n) is 5.08. The van der Waals surface area contributed by atoms with E-state index in [0.717, 1.165) is 6.08 Å². The van der Waals surface area contributed by atoms with Crippen LogP contribution in [0.3, 0.4) is 0 Å². The highest BCUT2D eigenvalue weighted by Gasteiger charge is 2.50. The van der Waals surface area contributed by atoms with Gasteiger partial charge < -0.3 is 14.2 Å². The summed E-state index contributed by atoms with van der Waals surface area (Å²) >= 11 is 0. The van der Waals surface area contributed by atoms with Crippen LogP contribution in [0, 0.1) is 0 Å². The molecule has 0 amide bonds. The van der Waals surface area contributed by atoms with Crippen molar-refractivity contribution in [2.45, 2.75) is 12.0 Å². The van der Waals surface area contributed by atoms with Crippen LogP contribution in [0.15, 0.2) is 29.5 Å². The predicted octanol–water partition coefficient (Wildman–Crippen LogP) is 0.980. The van der Waals surface area contributed by atoms with Crippen LogP contribution < -0.4 is 0 Å². The molecule has 2 aliphatic heterocycles. The molecule has 0 aliphatic carbocycles. The first-order chi connectivity index (χ1) is 8.16. The Labute approximate surface area is 97.6 Å². The first-order valence-corrected chi connectivity index (χ1v) is 5.08. The Morgan fingerprint density at radius 2 is 2.47 bits per heavy atom. The van der Waals surface area contributed by atoms with Gasteiger partial charge in [0.1, 0.15) is 0 Å². The number of ether oxygens (including phenoxy) is 3. The number of hydrogen-bond acceptors (Lipinski definition) is 6.